The van der Waals surface area contributed by atoms with Crippen LogP contribution in [0.1, 0.15) is 0 Å². The van der Waals surface area contributed by atoms with E-state index < -0.39 is 0 Å². The summed E-state index contributed by atoms with van der Waals surface area (Å²) >= 11 is 0. The van der Waals surface area contributed by atoms with Gasteiger partial charge in [-0.25, -0.2) is 9.97 Å². The van der Waals surface area contributed by atoms with E-state index in [1.165, 1.54) is 54.1 Å². The molecule has 0 aliphatic carbocycles. The molecule has 0 N–H and O–H groups in total. The number of para-hydroxylation sites is 5. The van der Waals surface area contributed by atoms with Crippen molar-refractivity contribution in [2.75, 3.05) is 0 Å². The van der Waals surface area contributed by atoms with Crippen molar-refractivity contribution < 1.29 is 4.42 Å². The van der Waals surface area contributed by atoms with Crippen molar-refractivity contribution in [3.05, 3.63) is 170 Å². The highest BCUT2D eigenvalue weighted by molar-refractivity contribution is 6.39. The Morgan fingerprint density at radius 3 is 1.62 bits per heavy atom. The Labute approximate surface area is 313 Å². The molecule has 0 spiro atoms. The highest BCUT2D eigenvalue weighted by atomic mass is 16.3. The standard InChI is InChI=1S/C50H28N4O/c1-2-13-29(14-3-1)53-39-24-11-18-33-30-15-4-5-16-31(30)34-19-12-25-40-45(34)47-42(28-27-41(53)46(47)44(33)39)54(40)50-48(51-37-22-7-8-23-38(37)52-50)36-21-10-20-35-32-17-6-9-26-43(32)55-49(35)36/h1-28H. The van der Waals surface area contributed by atoms with E-state index >= 15 is 0 Å². The molecule has 0 amide bonds. The lowest BCUT2D eigenvalue weighted by atomic mass is 9.95. The lowest BCUT2D eigenvalue weighted by Crippen LogP contribution is -2.04. The molecule has 4 aromatic heterocycles. The molecule has 0 saturated heterocycles. The summed E-state index contributed by atoms with van der Waals surface area (Å²) in [6.07, 6.45) is 0. The number of rotatable bonds is 3. The highest BCUT2D eigenvalue weighted by Gasteiger charge is 2.27. The van der Waals surface area contributed by atoms with Gasteiger partial charge in [0, 0.05) is 43.6 Å². The van der Waals surface area contributed by atoms with Gasteiger partial charge in [0.15, 0.2) is 5.82 Å². The summed E-state index contributed by atoms with van der Waals surface area (Å²) < 4.78 is 11.4. The fourth-order valence-electron chi connectivity index (χ4n) is 9.44. The number of hydrogen-bond acceptors (Lipinski definition) is 3. The molecule has 0 aliphatic rings. The fourth-order valence-corrected chi connectivity index (χ4v) is 9.44. The summed E-state index contributed by atoms with van der Waals surface area (Å²) in [4.78, 5) is 10.9. The second-order valence-electron chi connectivity index (χ2n) is 14.5. The number of fused-ring (bicyclic) bond motifs is 7. The fraction of sp³-hybridized carbons (Fsp3) is 0. The van der Waals surface area contributed by atoms with Crippen LogP contribution < -0.4 is 0 Å². The first-order valence-electron chi connectivity index (χ1n) is 18.7. The average Bonchev–Trinajstić information content (AvgIpc) is 3.91. The van der Waals surface area contributed by atoms with Crippen molar-refractivity contribution in [1.29, 1.82) is 0 Å². The molecule has 0 saturated carbocycles. The normalized spacial score (nSPS) is 12.4. The molecule has 0 atom stereocenters. The van der Waals surface area contributed by atoms with Gasteiger partial charge in [-0.1, -0.05) is 109 Å². The van der Waals surface area contributed by atoms with Crippen LogP contribution in [-0.4, -0.2) is 19.1 Å². The first-order valence-corrected chi connectivity index (χ1v) is 18.7. The Morgan fingerprint density at radius 1 is 0.364 bits per heavy atom. The minimum absolute atomic E-state index is 0.766. The third kappa shape index (κ3) is 3.76. The second kappa shape index (κ2) is 10.6. The Hall–Kier alpha value is -7.50. The number of furan rings is 1. The predicted octanol–water partition coefficient (Wildman–Crippen LogP) is 13.1. The maximum atomic E-state index is 6.65. The molecular weight excluding hydrogens is 673 g/mol. The Kier molecular flexibility index (Phi) is 5.57. The van der Waals surface area contributed by atoms with E-state index in [1.807, 2.05) is 30.3 Å². The van der Waals surface area contributed by atoms with Crippen molar-refractivity contribution in [2.24, 2.45) is 0 Å². The number of hydrogen-bond donors (Lipinski definition) is 0. The Bertz CT molecular complexity index is 3720. The zero-order valence-corrected chi connectivity index (χ0v) is 29.4. The minimum Gasteiger partial charge on any atom is -0.455 e. The van der Waals surface area contributed by atoms with Gasteiger partial charge in [0.2, 0.25) is 0 Å². The molecular formula is C50H28N4O. The summed E-state index contributed by atoms with van der Waals surface area (Å²) in [7, 11) is 0. The van der Waals surface area contributed by atoms with E-state index in [-0.39, 0.29) is 0 Å². The highest BCUT2D eigenvalue weighted by Crippen LogP contribution is 2.48. The van der Waals surface area contributed by atoms with E-state index in [9.17, 15) is 0 Å². The maximum Gasteiger partial charge on any atom is 0.165 e. The van der Waals surface area contributed by atoms with Crippen LogP contribution in [0.4, 0.5) is 0 Å². The van der Waals surface area contributed by atoms with Crippen molar-refractivity contribution in [1.82, 2.24) is 19.1 Å². The number of nitrogens with zero attached hydrogens (tertiary/aromatic N) is 4. The van der Waals surface area contributed by atoms with Crippen LogP contribution in [-0.2, 0) is 0 Å². The third-order valence-electron chi connectivity index (χ3n) is 11.7. The topological polar surface area (TPSA) is 48.8 Å². The zero-order chi connectivity index (χ0) is 35.8. The van der Waals surface area contributed by atoms with Crippen LogP contribution in [0.15, 0.2) is 174 Å². The molecule has 13 rings (SSSR count). The van der Waals surface area contributed by atoms with Gasteiger partial charge < -0.3 is 8.98 Å². The lowest BCUT2D eigenvalue weighted by Gasteiger charge is -2.14. The molecule has 254 valence electrons. The lowest BCUT2D eigenvalue weighted by molar-refractivity contribution is 0.669. The molecule has 5 heteroatoms. The SMILES string of the molecule is c1ccc(-n2c3cccc4c5ccccc5c5cccc6c5c5c(c43)c2ccc5n6-c2nc3ccccc3nc2-c2cccc3c2oc2ccccc23)cc1. The van der Waals surface area contributed by atoms with Gasteiger partial charge in [0.25, 0.3) is 0 Å². The van der Waals surface area contributed by atoms with E-state index in [0.29, 0.717) is 0 Å². The van der Waals surface area contributed by atoms with Crippen molar-refractivity contribution in [2.45, 2.75) is 0 Å². The first-order chi connectivity index (χ1) is 27.3. The van der Waals surface area contributed by atoms with Crippen LogP contribution in [0.3, 0.4) is 0 Å². The molecule has 0 aliphatic heterocycles. The molecule has 5 nitrogen and oxygen atoms in total. The molecule has 55 heavy (non-hydrogen) atoms. The van der Waals surface area contributed by atoms with Crippen molar-refractivity contribution in [3.8, 4) is 22.8 Å². The van der Waals surface area contributed by atoms with Gasteiger partial charge >= 0.3 is 0 Å². The second-order valence-corrected chi connectivity index (χ2v) is 14.5. The number of benzene rings is 8. The van der Waals surface area contributed by atoms with E-state index in [4.69, 9.17) is 14.4 Å². The Balaban J connectivity index is 1.27. The van der Waals surface area contributed by atoms with E-state index in [1.54, 1.807) is 0 Å². The molecule has 0 unspecified atom stereocenters. The van der Waals surface area contributed by atoms with Gasteiger partial charge in [0.05, 0.1) is 33.1 Å². The van der Waals surface area contributed by atoms with Gasteiger partial charge in [-0.2, -0.15) is 0 Å². The van der Waals surface area contributed by atoms with Gasteiger partial charge in [-0.05, 0) is 82.2 Å². The summed E-state index contributed by atoms with van der Waals surface area (Å²) in [6, 6.07) is 60.4. The molecule has 0 bridgehead atoms. The van der Waals surface area contributed by atoms with Crippen molar-refractivity contribution in [3.63, 3.8) is 0 Å². The predicted molar refractivity (Wildman–Crippen MR) is 227 cm³/mol. The molecule has 0 radical (unpaired) electrons. The number of aromatic nitrogens is 4. The Morgan fingerprint density at radius 2 is 0.891 bits per heavy atom. The summed E-state index contributed by atoms with van der Waals surface area (Å²) in [5, 5.41) is 11.9. The average molecular weight is 701 g/mol. The van der Waals surface area contributed by atoms with Gasteiger partial charge in [0.1, 0.15) is 16.9 Å². The van der Waals surface area contributed by atoms with Crippen molar-refractivity contribution >= 4 is 98.1 Å². The van der Waals surface area contributed by atoms with Crippen LogP contribution >= 0.6 is 0 Å². The third-order valence-corrected chi connectivity index (χ3v) is 11.7. The summed E-state index contributed by atoms with van der Waals surface area (Å²) in [5.74, 6) is 0.766. The smallest absolute Gasteiger partial charge is 0.165 e. The largest absolute Gasteiger partial charge is 0.455 e. The zero-order valence-electron chi connectivity index (χ0n) is 29.4. The van der Waals surface area contributed by atoms with Crippen LogP contribution in [0.5, 0.6) is 0 Å². The monoisotopic (exact) mass is 700 g/mol. The van der Waals surface area contributed by atoms with E-state index in [0.717, 1.165) is 66.8 Å². The quantitative estimate of drug-likeness (QED) is 0.184. The molecule has 4 heterocycles. The van der Waals surface area contributed by atoms with E-state index in [2.05, 4.69) is 149 Å². The first kappa shape index (κ1) is 29.0. The molecule has 0 fully saturated rings. The van der Waals surface area contributed by atoms with Crippen LogP contribution in [0.2, 0.25) is 0 Å². The van der Waals surface area contributed by atoms with Gasteiger partial charge in [-0.15, -0.1) is 0 Å². The molecule has 13 aromatic rings. The maximum absolute atomic E-state index is 6.65. The summed E-state index contributed by atoms with van der Waals surface area (Å²) in [6.45, 7) is 0. The van der Waals surface area contributed by atoms with Crippen LogP contribution in [0, 0.1) is 0 Å². The molecule has 9 aromatic carbocycles. The summed E-state index contributed by atoms with van der Waals surface area (Å²) in [5.41, 5.74) is 10.7. The van der Waals surface area contributed by atoms with Gasteiger partial charge in [-0.3, -0.25) is 4.57 Å². The van der Waals surface area contributed by atoms with Crippen LogP contribution in [0.25, 0.3) is 121 Å². The minimum atomic E-state index is 0.766.